The first kappa shape index (κ1) is 9.24. The Morgan fingerprint density at radius 3 is 2.93 bits per heavy atom. The lowest BCUT2D eigenvalue weighted by molar-refractivity contribution is -0.122. The molecule has 0 atom stereocenters. The predicted octanol–water partition coefficient (Wildman–Crippen LogP) is 0.755. The minimum absolute atomic E-state index is 0.184. The molecule has 1 N–H and O–H groups in total. The van der Waals surface area contributed by atoms with Crippen molar-refractivity contribution < 1.29 is 4.79 Å². The zero-order valence-electron chi connectivity index (χ0n) is 8.58. The van der Waals surface area contributed by atoms with E-state index in [2.05, 4.69) is 10.4 Å². The Balaban J connectivity index is 1.90. The number of hydrogen-bond acceptors (Lipinski definition) is 2. The van der Waals surface area contributed by atoms with E-state index >= 15 is 0 Å². The highest BCUT2D eigenvalue weighted by Gasteiger charge is 2.29. The van der Waals surface area contributed by atoms with Crippen LogP contribution in [0.15, 0.2) is 6.07 Å². The van der Waals surface area contributed by atoms with E-state index in [1.165, 1.54) is 0 Å². The third-order valence-corrected chi connectivity index (χ3v) is 2.49. The van der Waals surface area contributed by atoms with Gasteiger partial charge >= 0.3 is 0 Å². The molecule has 1 fully saturated rings. The van der Waals surface area contributed by atoms with Crippen LogP contribution in [-0.2, 0) is 18.4 Å². The molecule has 0 aromatic carbocycles. The summed E-state index contributed by atoms with van der Waals surface area (Å²) in [6.07, 6.45) is 2.10. The van der Waals surface area contributed by atoms with Gasteiger partial charge in [0.1, 0.15) is 0 Å². The molecule has 1 saturated carbocycles. The van der Waals surface area contributed by atoms with Crippen LogP contribution in [0.2, 0.25) is 0 Å². The molecule has 1 aromatic rings. The molecule has 1 amide bonds. The van der Waals surface area contributed by atoms with Gasteiger partial charge in [-0.1, -0.05) is 0 Å². The van der Waals surface area contributed by atoms with Crippen molar-refractivity contribution in [2.24, 2.45) is 13.0 Å². The van der Waals surface area contributed by atoms with Crippen LogP contribution in [0.5, 0.6) is 0 Å². The number of rotatable bonds is 3. The lowest BCUT2D eigenvalue weighted by Crippen LogP contribution is -2.25. The number of nitrogens with one attached hydrogen (secondary N) is 1. The minimum Gasteiger partial charge on any atom is -0.350 e. The molecule has 0 spiro atoms. The van der Waals surface area contributed by atoms with Gasteiger partial charge < -0.3 is 5.32 Å². The van der Waals surface area contributed by atoms with E-state index in [0.29, 0.717) is 6.54 Å². The number of amides is 1. The van der Waals surface area contributed by atoms with Crippen molar-refractivity contribution in [1.82, 2.24) is 15.1 Å². The second-order valence-electron chi connectivity index (χ2n) is 3.89. The van der Waals surface area contributed by atoms with Crippen molar-refractivity contribution >= 4 is 5.91 Å². The smallest absolute Gasteiger partial charge is 0.223 e. The molecule has 4 heteroatoms. The number of carbonyl (C=O) groups is 1. The minimum atomic E-state index is 0.184. The van der Waals surface area contributed by atoms with Gasteiger partial charge in [-0.3, -0.25) is 9.48 Å². The Kier molecular flexibility index (Phi) is 2.27. The fourth-order valence-corrected chi connectivity index (χ4v) is 1.50. The van der Waals surface area contributed by atoms with Gasteiger partial charge in [-0.2, -0.15) is 5.10 Å². The van der Waals surface area contributed by atoms with Crippen LogP contribution < -0.4 is 5.32 Å². The predicted molar refractivity (Wildman–Crippen MR) is 52.5 cm³/mol. The number of hydrogen-bond donors (Lipinski definition) is 1. The summed E-state index contributed by atoms with van der Waals surface area (Å²) in [7, 11) is 1.89. The molecular weight excluding hydrogens is 178 g/mol. The van der Waals surface area contributed by atoms with Gasteiger partial charge in [0.15, 0.2) is 0 Å². The zero-order chi connectivity index (χ0) is 10.1. The first-order valence-corrected chi connectivity index (χ1v) is 4.94. The maximum Gasteiger partial charge on any atom is 0.223 e. The van der Waals surface area contributed by atoms with Crippen molar-refractivity contribution in [3.05, 3.63) is 17.5 Å². The van der Waals surface area contributed by atoms with E-state index in [4.69, 9.17) is 0 Å². The molecule has 14 heavy (non-hydrogen) atoms. The van der Waals surface area contributed by atoms with E-state index in [0.717, 1.165) is 24.2 Å². The van der Waals surface area contributed by atoms with Gasteiger partial charge in [0.05, 0.1) is 17.9 Å². The Bertz CT molecular complexity index is 352. The van der Waals surface area contributed by atoms with Crippen molar-refractivity contribution in [1.29, 1.82) is 0 Å². The van der Waals surface area contributed by atoms with Gasteiger partial charge in [-0.25, -0.2) is 0 Å². The second kappa shape index (κ2) is 3.44. The van der Waals surface area contributed by atoms with Gasteiger partial charge in [-0.05, 0) is 25.8 Å². The second-order valence-corrected chi connectivity index (χ2v) is 3.89. The Labute approximate surface area is 83.3 Å². The fraction of sp³-hybridized carbons (Fsp3) is 0.600. The lowest BCUT2D eigenvalue weighted by atomic mass is 10.3. The Morgan fingerprint density at radius 1 is 1.71 bits per heavy atom. The first-order chi connectivity index (χ1) is 6.66. The largest absolute Gasteiger partial charge is 0.350 e. The summed E-state index contributed by atoms with van der Waals surface area (Å²) in [4.78, 5) is 11.4. The third kappa shape index (κ3) is 1.95. The first-order valence-electron chi connectivity index (χ1n) is 4.94. The molecule has 2 rings (SSSR count). The summed E-state index contributed by atoms with van der Waals surface area (Å²) in [5.74, 6) is 0.466. The van der Waals surface area contributed by atoms with E-state index in [1.54, 1.807) is 0 Å². The number of aromatic nitrogens is 2. The van der Waals surface area contributed by atoms with Crippen LogP contribution >= 0.6 is 0 Å². The van der Waals surface area contributed by atoms with Gasteiger partial charge in [0.25, 0.3) is 0 Å². The molecule has 0 radical (unpaired) electrons. The van der Waals surface area contributed by atoms with E-state index in [1.807, 2.05) is 24.7 Å². The van der Waals surface area contributed by atoms with Crippen LogP contribution in [0.4, 0.5) is 0 Å². The van der Waals surface area contributed by atoms with Crippen molar-refractivity contribution in [3.8, 4) is 0 Å². The van der Waals surface area contributed by atoms with E-state index in [9.17, 15) is 4.79 Å². The van der Waals surface area contributed by atoms with E-state index in [-0.39, 0.29) is 11.8 Å². The Hall–Kier alpha value is -1.32. The molecule has 4 nitrogen and oxygen atoms in total. The van der Waals surface area contributed by atoms with Crippen LogP contribution in [0.3, 0.4) is 0 Å². The molecule has 0 saturated heterocycles. The normalized spacial score (nSPS) is 15.6. The molecule has 1 aliphatic rings. The summed E-state index contributed by atoms with van der Waals surface area (Å²) in [5.41, 5.74) is 2.04. The maximum atomic E-state index is 11.4. The lowest BCUT2D eigenvalue weighted by Gasteiger charge is -2.03. The van der Waals surface area contributed by atoms with Gasteiger partial charge in [0.2, 0.25) is 5.91 Å². The molecule has 1 aromatic heterocycles. The van der Waals surface area contributed by atoms with Crippen molar-refractivity contribution in [2.75, 3.05) is 0 Å². The molecule has 0 unspecified atom stereocenters. The van der Waals surface area contributed by atoms with Crippen molar-refractivity contribution in [2.45, 2.75) is 26.3 Å². The third-order valence-electron chi connectivity index (χ3n) is 2.49. The Morgan fingerprint density at radius 2 is 2.43 bits per heavy atom. The molecule has 1 aliphatic carbocycles. The van der Waals surface area contributed by atoms with Crippen LogP contribution in [0.1, 0.15) is 24.2 Å². The highest BCUT2D eigenvalue weighted by Crippen LogP contribution is 2.28. The summed E-state index contributed by atoms with van der Waals surface area (Å²) in [6.45, 7) is 2.54. The average molecular weight is 193 g/mol. The quantitative estimate of drug-likeness (QED) is 0.770. The van der Waals surface area contributed by atoms with E-state index < -0.39 is 0 Å². The highest BCUT2D eigenvalue weighted by molar-refractivity contribution is 5.80. The summed E-state index contributed by atoms with van der Waals surface area (Å²) in [6, 6.07) is 1.99. The molecule has 76 valence electrons. The van der Waals surface area contributed by atoms with Gasteiger partial charge in [0, 0.05) is 13.0 Å². The number of carbonyl (C=O) groups excluding carboxylic acids is 1. The molecular formula is C10H15N3O. The standard InChI is InChI=1S/C10H15N3O/c1-7-5-9(13(2)12-7)6-11-10(14)8-3-4-8/h5,8H,3-4,6H2,1-2H3,(H,11,14). The van der Waals surface area contributed by atoms with Crippen LogP contribution in [-0.4, -0.2) is 15.7 Å². The number of aryl methyl sites for hydroxylation is 2. The maximum absolute atomic E-state index is 11.4. The average Bonchev–Trinajstić information content (AvgIpc) is 2.90. The SMILES string of the molecule is Cc1cc(CNC(=O)C2CC2)n(C)n1. The molecule has 1 heterocycles. The fourth-order valence-electron chi connectivity index (χ4n) is 1.50. The molecule has 0 aliphatic heterocycles. The molecule has 0 bridgehead atoms. The van der Waals surface area contributed by atoms with Crippen LogP contribution in [0.25, 0.3) is 0 Å². The summed E-state index contributed by atoms with van der Waals surface area (Å²) >= 11 is 0. The topological polar surface area (TPSA) is 46.9 Å². The monoisotopic (exact) mass is 193 g/mol. The van der Waals surface area contributed by atoms with Crippen LogP contribution in [0, 0.1) is 12.8 Å². The number of nitrogens with zero attached hydrogens (tertiary/aromatic N) is 2. The van der Waals surface area contributed by atoms with Crippen molar-refractivity contribution in [3.63, 3.8) is 0 Å². The highest BCUT2D eigenvalue weighted by atomic mass is 16.2. The zero-order valence-corrected chi connectivity index (χ0v) is 8.58. The summed E-state index contributed by atoms with van der Waals surface area (Å²) in [5, 5.41) is 7.13. The summed E-state index contributed by atoms with van der Waals surface area (Å²) < 4.78 is 1.81. The van der Waals surface area contributed by atoms with Gasteiger partial charge in [-0.15, -0.1) is 0 Å².